The highest BCUT2D eigenvalue weighted by Gasteiger charge is 2.28. The lowest BCUT2D eigenvalue weighted by Crippen LogP contribution is -2.45. The lowest BCUT2D eigenvalue weighted by molar-refractivity contribution is 0.0574. The first-order valence-corrected chi connectivity index (χ1v) is 6.75. The molecular formula is C15H23NO. The number of aryl methyl sites for hydroxylation is 1. The van der Waals surface area contributed by atoms with Crippen LogP contribution in [0.15, 0.2) is 24.3 Å². The molecule has 0 amide bonds. The fourth-order valence-electron chi connectivity index (χ4n) is 2.44. The van der Waals surface area contributed by atoms with E-state index < -0.39 is 0 Å². The predicted molar refractivity (Wildman–Crippen MR) is 71.0 cm³/mol. The Bertz CT molecular complexity index is 340. The van der Waals surface area contributed by atoms with Crippen molar-refractivity contribution in [2.75, 3.05) is 0 Å². The van der Waals surface area contributed by atoms with Gasteiger partial charge in [-0.1, -0.05) is 38.1 Å². The second kappa shape index (κ2) is 5.65. The topological polar surface area (TPSA) is 32.3 Å². The molecule has 0 bridgehead atoms. The van der Waals surface area contributed by atoms with Crippen molar-refractivity contribution < 1.29 is 5.11 Å². The van der Waals surface area contributed by atoms with E-state index in [4.69, 9.17) is 0 Å². The molecule has 2 rings (SSSR count). The molecule has 2 nitrogen and oxygen atoms in total. The maximum atomic E-state index is 9.30. The summed E-state index contributed by atoms with van der Waals surface area (Å²) in [5.74, 6) is 0. The first kappa shape index (κ1) is 12.6. The standard InChI is InChI=1S/C15H23NO/c1-3-11-5-7-12(8-6-11)15(4-2)16-13-9-14(17)10-13/h5-8,13-17H,3-4,9-10H2,1-2H3. The van der Waals surface area contributed by atoms with Gasteiger partial charge in [0.25, 0.3) is 0 Å². The molecule has 94 valence electrons. The summed E-state index contributed by atoms with van der Waals surface area (Å²) in [5, 5.41) is 12.9. The number of nitrogens with one attached hydrogen (secondary N) is 1. The zero-order chi connectivity index (χ0) is 12.3. The van der Waals surface area contributed by atoms with E-state index >= 15 is 0 Å². The van der Waals surface area contributed by atoms with Crippen molar-refractivity contribution in [2.24, 2.45) is 0 Å². The van der Waals surface area contributed by atoms with Crippen LogP contribution in [0.2, 0.25) is 0 Å². The molecule has 0 radical (unpaired) electrons. The second-order valence-electron chi connectivity index (χ2n) is 5.04. The van der Waals surface area contributed by atoms with Crippen LogP contribution in [0.3, 0.4) is 0 Å². The second-order valence-corrected chi connectivity index (χ2v) is 5.04. The van der Waals surface area contributed by atoms with Crippen LogP contribution in [0.4, 0.5) is 0 Å². The van der Waals surface area contributed by atoms with Crippen LogP contribution in [0.25, 0.3) is 0 Å². The van der Waals surface area contributed by atoms with Gasteiger partial charge in [-0.3, -0.25) is 0 Å². The van der Waals surface area contributed by atoms with Gasteiger partial charge in [-0.25, -0.2) is 0 Å². The number of benzene rings is 1. The van der Waals surface area contributed by atoms with Crippen molar-refractivity contribution in [3.63, 3.8) is 0 Å². The van der Waals surface area contributed by atoms with E-state index in [0.717, 1.165) is 25.7 Å². The predicted octanol–water partition coefficient (Wildman–Crippen LogP) is 2.81. The Morgan fingerprint density at radius 1 is 1.24 bits per heavy atom. The summed E-state index contributed by atoms with van der Waals surface area (Å²) in [6.07, 6.45) is 3.93. The van der Waals surface area contributed by atoms with E-state index in [9.17, 15) is 5.11 Å². The summed E-state index contributed by atoms with van der Waals surface area (Å²) in [6, 6.07) is 9.83. The molecule has 0 aliphatic heterocycles. The Labute approximate surface area is 104 Å². The van der Waals surface area contributed by atoms with Crippen molar-refractivity contribution in [3.8, 4) is 0 Å². The van der Waals surface area contributed by atoms with Crippen molar-refractivity contribution in [2.45, 2.75) is 57.7 Å². The van der Waals surface area contributed by atoms with Crippen LogP contribution < -0.4 is 5.32 Å². The molecule has 0 heterocycles. The molecule has 1 aromatic rings. The lowest BCUT2D eigenvalue weighted by atomic mass is 9.88. The number of rotatable bonds is 5. The molecule has 1 fully saturated rings. The third-order valence-corrected chi connectivity index (χ3v) is 3.75. The van der Waals surface area contributed by atoms with Gasteiger partial charge in [-0.15, -0.1) is 0 Å². The van der Waals surface area contributed by atoms with Crippen LogP contribution in [0.1, 0.15) is 50.3 Å². The van der Waals surface area contributed by atoms with E-state index in [1.54, 1.807) is 0 Å². The van der Waals surface area contributed by atoms with Crippen LogP contribution in [0, 0.1) is 0 Å². The van der Waals surface area contributed by atoms with Gasteiger partial charge in [-0.2, -0.15) is 0 Å². The Morgan fingerprint density at radius 2 is 1.88 bits per heavy atom. The first-order valence-electron chi connectivity index (χ1n) is 6.75. The minimum atomic E-state index is -0.0764. The number of hydrogen-bond acceptors (Lipinski definition) is 2. The Balaban J connectivity index is 1.96. The largest absolute Gasteiger partial charge is 0.393 e. The third kappa shape index (κ3) is 3.08. The van der Waals surface area contributed by atoms with Crippen molar-refractivity contribution in [1.82, 2.24) is 5.32 Å². The molecule has 0 spiro atoms. The zero-order valence-electron chi connectivity index (χ0n) is 10.8. The van der Waals surface area contributed by atoms with Crippen molar-refractivity contribution >= 4 is 0 Å². The highest BCUT2D eigenvalue weighted by Crippen LogP contribution is 2.25. The quantitative estimate of drug-likeness (QED) is 0.819. The van der Waals surface area contributed by atoms with Gasteiger partial charge in [0.2, 0.25) is 0 Å². The highest BCUT2D eigenvalue weighted by atomic mass is 16.3. The summed E-state index contributed by atoms with van der Waals surface area (Å²) in [6.45, 7) is 4.39. The van der Waals surface area contributed by atoms with Gasteiger partial charge in [0, 0.05) is 12.1 Å². The molecule has 1 aliphatic rings. The summed E-state index contributed by atoms with van der Waals surface area (Å²) in [4.78, 5) is 0. The van der Waals surface area contributed by atoms with Gasteiger partial charge >= 0.3 is 0 Å². The van der Waals surface area contributed by atoms with Gasteiger partial charge in [0.1, 0.15) is 0 Å². The molecule has 1 unspecified atom stereocenters. The fourth-order valence-corrected chi connectivity index (χ4v) is 2.44. The minimum absolute atomic E-state index is 0.0764. The van der Waals surface area contributed by atoms with Gasteiger partial charge < -0.3 is 10.4 Å². The molecule has 0 saturated heterocycles. The summed E-state index contributed by atoms with van der Waals surface area (Å²) >= 11 is 0. The summed E-state index contributed by atoms with van der Waals surface area (Å²) in [7, 11) is 0. The highest BCUT2D eigenvalue weighted by molar-refractivity contribution is 5.25. The molecule has 1 aliphatic carbocycles. The van der Waals surface area contributed by atoms with Crippen molar-refractivity contribution in [3.05, 3.63) is 35.4 Å². The summed E-state index contributed by atoms with van der Waals surface area (Å²) < 4.78 is 0. The lowest BCUT2D eigenvalue weighted by Gasteiger charge is -2.35. The van der Waals surface area contributed by atoms with E-state index in [2.05, 4.69) is 43.4 Å². The van der Waals surface area contributed by atoms with Crippen LogP contribution in [0.5, 0.6) is 0 Å². The average molecular weight is 233 g/mol. The molecule has 0 aromatic heterocycles. The monoisotopic (exact) mass is 233 g/mol. The molecule has 17 heavy (non-hydrogen) atoms. The molecule has 2 heteroatoms. The molecule has 1 aromatic carbocycles. The van der Waals surface area contributed by atoms with E-state index in [-0.39, 0.29) is 6.10 Å². The van der Waals surface area contributed by atoms with Crippen molar-refractivity contribution in [1.29, 1.82) is 0 Å². The van der Waals surface area contributed by atoms with E-state index in [1.165, 1.54) is 11.1 Å². The average Bonchev–Trinajstić information content (AvgIpc) is 2.33. The van der Waals surface area contributed by atoms with E-state index in [1.807, 2.05) is 0 Å². The molecule has 2 N–H and O–H groups in total. The first-order chi connectivity index (χ1) is 8.22. The van der Waals surface area contributed by atoms with E-state index in [0.29, 0.717) is 12.1 Å². The van der Waals surface area contributed by atoms with Crippen LogP contribution >= 0.6 is 0 Å². The van der Waals surface area contributed by atoms with Gasteiger partial charge in [0.15, 0.2) is 0 Å². The molecule has 1 saturated carbocycles. The van der Waals surface area contributed by atoms with Crippen LogP contribution in [-0.2, 0) is 6.42 Å². The SMILES string of the molecule is CCc1ccc(C(CC)NC2CC(O)C2)cc1. The van der Waals surface area contributed by atoms with Gasteiger partial charge in [0.05, 0.1) is 6.10 Å². The Morgan fingerprint density at radius 3 is 2.35 bits per heavy atom. The molecular weight excluding hydrogens is 210 g/mol. The van der Waals surface area contributed by atoms with Crippen LogP contribution in [-0.4, -0.2) is 17.3 Å². The third-order valence-electron chi connectivity index (χ3n) is 3.75. The normalized spacial score (nSPS) is 25.4. The number of hydrogen-bond donors (Lipinski definition) is 2. The number of aliphatic hydroxyl groups excluding tert-OH is 1. The zero-order valence-corrected chi connectivity index (χ0v) is 10.8. The number of aliphatic hydroxyl groups is 1. The Kier molecular flexibility index (Phi) is 4.19. The Hall–Kier alpha value is -0.860. The fraction of sp³-hybridized carbons (Fsp3) is 0.600. The summed E-state index contributed by atoms with van der Waals surface area (Å²) in [5.41, 5.74) is 2.76. The minimum Gasteiger partial charge on any atom is -0.393 e. The molecule has 1 atom stereocenters. The maximum Gasteiger partial charge on any atom is 0.0570 e. The smallest absolute Gasteiger partial charge is 0.0570 e. The maximum absolute atomic E-state index is 9.30. The van der Waals surface area contributed by atoms with Gasteiger partial charge in [-0.05, 0) is 36.8 Å².